The molecule has 0 aliphatic carbocycles. The number of nitrogens with zero attached hydrogens (tertiary/aromatic N) is 2. The molecule has 2 unspecified atom stereocenters. The number of ether oxygens (including phenoxy) is 1. The molecule has 0 aromatic rings. The summed E-state index contributed by atoms with van der Waals surface area (Å²) in [4.78, 5) is 26.9. The number of rotatable bonds is 2. The molecular weight excluding hydrogens is 236 g/mol. The van der Waals surface area contributed by atoms with Crippen molar-refractivity contribution in [2.45, 2.75) is 37.8 Å². The van der Waals surface area contributed by atoms with Crippen molar-refractivity contribution in [2.75, 3.05) is 26.7 Å². The fourth-order valence-corrected chi connectivity index (χ4v) is 2.76. The summed E-state index contributed by atoms with van der Waals surface area (Å²) in [6, 6.07) is -0.169. The van der Waals surface area contributed by atoms with Gasteiger partial charge in [-0.15, -0.1) is 0 Å². The van der Waals surface area contributed by atoms with Gasteiger partial charge in [-0.05, 0) is 26.2 Å². The SMILES string of the molecule is COC1CCN(C(=O)N2CCCC2(C)C(=O)O)C1. The molecule has 0 saturated carbocycles. The second kappa shape index (κ2) is 4.76. The molecule has 0 spiro atoms. The number of carboxylic acids is 1. The number of carboxylic acid groups (broad SMARTS) is 1. The zero-order valence-corrected chi connectivity index (χ0v) is 10.9. The molecular formula is C12H20N2O4. The van der Waals surface area contributed by atoms with E-state index >= 15 is 0 Å². The third kappa shape index (κ3) is 2.05. The molecule has 6 heteroatoms. The number of methoxy groups -OCH3 is 1. The molecule has 2 aliphatic rings. The zero-order valence-electron chi connectivity index (χ0n) is 10.9. The highest BCUT2D eigenvalue weighted by molar-refractivity contribution is 5.86. The molecule has 2 aliphatic heterocycles. The maximum atomic E-state index is 12.4. The first-order valence-corrected chi connectivity index (χ1v) is 6.32. The molecule has 2 saturated heterocycles. The Labute approximate surface area is 106 Å². The van der Waals surface area contributed by atoms with Crippen molar-refractivity contribution in [3.63, 3.8) is 0 Å². The van der Waals surface area contributed by atoms with Gasteiger partial charge in [0.2, 0.25) is 0 Å². The maximum absolute atomic E-state index is 12.4. The van der Waals surface area contributed by atoms with Gasteiger partial charge in [0.1, 0.15) is 5.54 Å². The van der Waals surface area contributed by atoms with E-state index in [9.17, 15) is 14.7 Å². The average Bonchev–Trinajstić information content (AvgIpc) is 2.95. The van der Waals surface area contributed by atoms with Gasteiger partial charge in [0.25, 0.3) is 0 Å². The smallest absolute Gasteiger partial charge is 0.329 e. The summed E-state index contributed by atoms with van der Waals surface area (Å²) in [5.41, 5.74) is -1.05. The van der Waals surface area contributed by atoms with Crippen LogP contribution in [0.3, 0.4) is 0 Å². The zero-order chi connectivity index (χ0) is 13.3. The van der Waals surface area contributed by atoms with Gasteiger partial charge in [0.15, 0.2) is 0 Å². The number of aliphatic carboxylic acids is 1. The lowest BCUT2D eigenvalue weighted by molar-refractivity contribution is -0.147. The highest BCUT2D eigenvalue weighted by Gasteiger charge is 2.47. The minimum absolute atomic E-state index is 0.0765. The number of likely N-dealkylation sites (tertiary alicyclic amines) is 2. The molecule has 0 aromatic carbocycles. The lowest BCUT2D eigenvalue weighted by Crippen LogP contribution is -2.54. The van der Waals surface area contributed by atoms with Gasteiger partial charge in [-0.2, -0.15) is 0 Å². The lowest BCUT2D eigenvalue weighted by atomic mass is 10.00. The van der Waals surface area contributed by atoms with E-state index in [1.807, 2.05) is 0 Å². The van der Waals surface area contributed by atoms with Crippen LogP contribution in [0.5, 0.6) is 0 Å². The summed E-state index contributed by atoms with van der Waals surface area (Å²) in [5, 5.41) is 9.30. The highest BCUT2D eigenvalue weighted by atomic mass is 16.5. The first kappa shape index (κ1) is 13.1. The fraction of sp³-hybridized carbons (Fsp3) is 0.833. The van der Waals surface area contributed by atoms with Crippen LogP contribution in [-0.4, -0.2) is 65.3 Å². The van der Waals surface area contributed by atoms with E-state index in [-0.39, 0.29) is 12.1 Å². The normalized spacial score (nSPS) is 32.0. The van der Waals surface area contributed by atoms with Crippen LogP contribution in [0.4, 0.5) is 4.79 Å². The Bertz CT molecular complexity index is 360. The number of amides is 2. The number of urea groups is 1. The molecule has 0 bridgehead atoms. The van der Waals surface area contributed by atoms with Gasteiger partial charge >= 0.3 is 12.0 Å². The summed E-state index contributed by atoms with van der Waals surface area (Å²) in [6.07, 6.45) is 2.17. The van der Waals surface area contributed by atoms with Gasteiger partial charge in [0, 0.05) is 26.7 Å². The van der Waals surface area contributed by atoms with Crippen LogP contribution < -0.4 is 0 Å². The minimum Gasteiger partial charge on any atom is -0.480 e. The van der Waals surface area contributed by atoms with E-state index in [1.54, 1.807) is 18.9 Å². The molecule has 6 nitrogen and oxygen atoms in total. The highest BCUT2D eigenvalue weighted by Crippen LogP contribution is 2.31. The second-order valence-corrected chi connectivity index (χ2v) is 5.21. The minimum atomic E-state index is -1.05. The second-order valence-electron chi connectivity index (χ2n) is 5.21. The largest absolute Gasteiger partial charge is 0.480 e. The van der Waals surface area contributed by atoms with Crippen molar-refractivity contribution in [3.8, 4) is 0 Å². The Hall–Kier alpha value is -1.30. The number of hydrogen-bond donors (Lipinski definition) is 1. The summed E-state index contributed by atoms with van der Waals surface area (Å²) in [7, 11) is 1.63. The number of hydrogen-bond acceptors (Lipinski definition) is 3. The van der Waals surface area contributed by atoms with Crippen molar-refractivity contribution in [2.24, 2.45) is 0 Å². The van der Waals surface area contributed by atoms with Crippen molar-refractivity contribution in [3.05, 3.63) is 0 Å². The van der Waals surface area contributed by atoms with Crippen LogP contribution in [0, 0.1) is 0 Å². The van der Waals surface area contributed by atoms with Crippen LogP contribution in [0.1, 0.15) is 26.2 Å². The molecule has 2 fully saturated rings. The third-order valence-corrected chi connectivity index (χ3v) is 4.08. The van der Waals surface area contributed by atoms with Crippen molar-refractivity contribution in [1.82, 2.24) is 9.80 Å². The van der Waals surface area contributed by atoms with Crippen molar-refractivity contribution < 1.29 is 19.4 Å². The summed E-state index contributed by atoms with van der Waals surface area (Å²) in [6.45, 7) is 3.35. The van der Waals surface area contributed by atoms with Gasteiger partial charge in [-0.3, -0.25) is 0 Å². The standard InChI is InChI=1S/C12H20N2O4/c1-12(10(15)16)5-3-6-14(12)11(17)13-7-4-9(8-13)18-2/h9H,3-8H2,1-2H3,(H,15,16). The first-order valence-electron chi connectivity index (χ1n) is 6.32. The molecule has 2 atom stereocenters. The van der Waals surface area contributed by atoms with Gasteiger partial charge < -0.3 is 19.6 Å². The predicted molar refractivity (Wildman–Crippen MR) is 64.4 cm³/mol. The molecule has 1 N–H and O–H groups in total. The van der Waals surface area contributed by atoms with E-state index < -0.39 is 11.5 Å². The van der Waals surface area contributed by atoms with E-state index in [2.05, 4.69) is 0 Å². The van der Waals surface area contributed by atoms with Crippen LogP contribution in [0.15, 0.2) is 0 Å². The number of carbonyl (C=O) groups excluding carboxylic acids is 1. The quantitative estimate of drug-likeness (QED) is 0.792. The first-order chi connectivity index (χ1) is 8.49. The summed E-state index contributed by atoms with van der Waals surface area (Å²) >= 11 is 0. The van der Waals surface area contributed by atoms with E-state index in [0.29, 0.717) is 26.1 Å². The average molecular weight is 256 g/mol. The Kier molecular flexibility index (Phi) is 3.47. The molecule has 18 heavy (non-hydrogen) atoms. The van der Waals surface area contributed by atoms with Crippen LogP contribution in [-0.2, 0) is 9.53 Å². The predicted octanol–water partition coefficient (Wildman–Crippen LogP) is 0.766. The molecule has 2 amide bonds. The third-order valence-electron chi connectivity index (χ3n) is 4.08. The fourth-order valence-electron chi connectivity index (χ4n) is 2.76. The Morgan fingerprint density at radius 2 is 2.11 bits per heavy atom. The van der Waals surface area contributed by atoms with E-state index in [0.717, 1.165) is 12.8 Å². The Morgan fingerprint density at radius 1 is 1.39 bits per heavy atom. The Morgan fingerprint density at radius 3 is 2.67 bits per heavy atom. The van der Waals surface area contributed by atoms with E-state index in [1.165, 1.54) is 4.90 Å². The summed E-state index contributed by atoms with van der Waals surface area (Å²) < 4.78 is 5.22. The molecule has 2 heterocycles. The van der Waals surface area contributed by atoms with Crippen molar-refractivity contribution >= 4 is 12.0 Å². The van der Waals surface area contributed by atoms with Gasteiger partial charge in [0.05, 0.1) is 6.10 Å². The number of carbonyl (C=O) groups is 2. The van der Waals surface area contributed by atoms with Gasteiger partial charge in [-0.25, -0.2) is 9.59 Å². The Balaban J connectivity index is 2.07. The molecule has 0 radical (unpaired) electrons. The van der Waals surface area contributed by atoms with Crippen molar-refractivity contribution in [1.29, 1.82) is 0 Å². The lowest BCUT2D eigenvalue weighted by Gasteiger charge is -2.34. The topological polar surface area (TPSA) is 70.1 Å². The summed E-state index contributed by atoms with van der Waals surface area (Å²) in [5.74, 6) is -0.921. The van der Waals surface area contributed by atoms with Crippen LogP contribution >= 0.6 is 0 Å². The van der Waals surface area contributed by atoms with Crippen LogP contribution in [0.25, 0.3) is 0 Å². The monoisotopic (exact) mass is 256 g/mol. The molecule has 0 aromatic heterocycles. The van der Waals surface area contributed by atoms with Gasteiger partial charge in [-0.1, -0.05) is 0 Å². The van der Waals surface area contributed by atoms with E-state index in [4.69, 9.17) is 4.74 Å². The van der Waals surface area contributed by atoms with Crippen LogP contribution in [0.2, 0.25) is 0 Å². The molecule has 2 rings (SSSR count). The molecule has 102 valence electrons. The maximum Gasteiger partial charge on any atom is 0.329 e.